The number of aromatic nitrogens is 2. The largest absolute Gasteiger partial charge is 0.508 e. The highest BCUT2D eigenvalue weighted by molar-refractivity contribution is 5.94. The second kappa shape index (κ2) is 13.3. The molecular formula is C40H28N4O4. The van der Waals surface area contributed by atoms with Crippen molar-refractivity contribution in [3.8, 4) is 39.9 Å². The SMILES string of the molecule is O=c1c2ccccc2c(-c2ccc(Oc3ccc(N=Cc4ccc(O)cc4)cc3)cc2)nn1-c1ccc(N=Cc2ccc(O)cc2)cc1. The van der Waals surface area contributed by atoms with Crippen LogP contribution in [0.4, 0.5) is 11.4 Å². The Morgan fingerprint density at radius 2 is 1.04 bits per heavy atom. The van der Waals surface area contributed by atoms with E-state index in [-0.39, 0.29) is 17.1 Å². The summed E-state index contributed by atoms with van der Waals surface area (Å²) in [6.45, 7) is 0. The fourth-order valence-electron chi connectivity index (χ4n) is 5.09. The third-order valence-corrected chi connectivity index (χ3v) is 7.61. The fraction of sp³-hybridized carbons (Fsp3) is 0. The first kappa shape index (κ1) is 29.9. The summed E-state index contributed by atoms with van der Waals surface area (Å²) in [5.41, 5.74) is 5.14. The molecule has 0 unspecified atom stereocenters. The van der Waals surface area contributed by atoms with Crippen molar-refractivity contribution < 1.29 is 14.9 Å². The van der Waals surface area contributed by atoms with Crippen LogP contribution in [0.1, 0.15) is 11.1 Å². The van der Waals surface area contributed by atoms with Gasteiger partial charge >= 0.3 is 0 Å². The van der Waals surface area contributed by atoms with Crippen LogP contribution in [0.25, 0.3) is 27.7 Å². The highest BCUT2D eigenvalue weighted by Gasteiger charge is 2.14. The number of ether oxygens (including phenoxy) is 1. The molecule has 0 saturated heterocycles. The molecule has 1 aromatic heterocycles. The lowest BCUT2D eigenvalue weighted by Crippen LogP contribution is -2.22. The first-order valence-corrected chi connectivity index (χ1v) is 15.2. The zero-order valence-corrected chi connectivity index (χ0v) is 25.5. The second-order valence-corrected chi connectivity index (χ2v) is 10.9. The molecule has 0 saturated carbocycles. The van der Waals surface area contributed by atoms with Gasteiger partial charge in [-0.15, -0.1) is 0 Å². The Hall–Kier alpha value is -6.80. The Morgan fingerprint density at radius 3 is 1.58 bits per heavy atom. The quantitative estimate of drug-likeness (QED) is 0.164. The number of benzene rings is 6. The molecular weight excluding hydrogens is 600 g/mol. The number of phenols is 2. The number of aromatic hydroxyl groups is 2. The van der Waals surface area contributed by atoms with Crippen molar-refractivity contribution in [2.75, 3.05) is 0 Å². The molecule has 8 nitrogen and oxygen atoms in total. The molecule has 48 heavy (non-hydrogen) atoms. The molecule has 0 radical (unpaired) electrons. The lowest BCUT2D eigenvalue weighted by molar-refractivity contribution is 0.475. The summed E-state index contributed by atoms with van der Waals surface area (Å²) in [5.74, 6) is 1.73. The van der Waals surface area contributed by atoms with Crippen LogP contribution in [0.3, 0.4) is 0 Å². The van der Waals surface area contributed by atoms with Gasteiger partial charge in [-0.25, -0.2) is 0 Å². The summed E-state index contributed by atoms with van der Waals surface area (Å²) in [6, 6.07) is 43.4. The van der Waals surface area contributed by atoms with Crippen LogP contribution in [0.5, 0.6) is 23.0 Å². The average molecular weight is 629 g/mol. The van der Waals surface area contributed by atoms with Crippen molar-refractivity contribution in [3.05, 3.63) is 167 Å². The number of hydrogen-bond donors (Lipinski definition) is 2. The lowest BCUT2D eigenvalue weighted by atomic mass is 10.0. The van der Waals surface area contributed by atoms with E-state index in [1.165, 1.54) is 4.68 Å². The van der Waals surface area contributed by atoms with Gasteiger partial charge in [-0.2, -0.15) is 9.78 Å². The molecule has 6 aromatic carbocycles. The molecule has 0 aliphatic carbocycles. The topological polar surface area (TPSA) is 109 Å². The number of hydrogen-bond acceptors (Lipinski definition) is 7. The molecule has 0 aliphatic rings. The smallest absolute Gasteiger partial charge is 0.279 e. The number of aliphatic imine (C=N–C) groups is 2. The first-order valence-electron chi connectivity index (χ1n) is 15.2. The molecule has 1 heterocycles. The van der Waals surface area contributed by atoms with E-state index in [4.69, 9.17) is 9.84 Å². The first-order chi connectivity index (χ1) is 23.5. The van der Waals surface area contributed by atoms with Gasteiger partial charge in [0.25, 0.3) is 5.56 Å². The molecule has 8 heteroatoms. The maximum Gasteiger partial charge on any atom is 0.279 e. The van der Waals surface area contributed by atoms with Crippen LogP contribution >= 0.6 is 0 Å². The summed E-state index contributed by atoms with van der Waals surface area (Å²) < 4.78 is 7.50. The normalized spacial score (nSPS) is 11.4. The van der Waals surface area contributed by atoms with Crippen LogP contribution < -0.4 is 10.3 Å². The van der Waals surface area contributed by atoms with Crippen LogP contribution in [0.2, 0.25) is 0 Å². The fourth-order valence-corrected chi connectivity index (χ4v) is 5.09. The van der Waals surface area contributed by atoms with Crippen molar-refractivity contribution >= 4 is 34.6 Å². The van der Waals surface area contributed by atoms with E-state index in [0.717, 1.165) is 27.8 Å². The maximum atomic E-state index is 13.6. The highest BCUT2D eigenvalue weighted by Crippen LogP contribution is 2.30. The number of nitrogens with zero attached hydrogens (tertiary/aromatic N) is 4. The minimum absolute atomic E-state index is 0.199. The van der Waals surface area contributed by atoms with E-state index >= 15 is 0 Å². The number of rotatable bonds is 8. The molecule has 0 aliphatic heterocycles. The third kappa shape index (κ3) is 6.73. The summed E-state index contributed by atoms with van der Waals surface area (Å²) in [5, 5.41) is 25.1. The Bertz CT molecular complexity index is 2310. The van der Waals surface area contributed by atoms with E-state index in [2.05, 4.69) is 9.98 Å². The van der Waals surface area contributed by atoms with Gasteiger partial charge in [-0.05, 0) is 139 Å². The summed E-state index contributed by atoms with van der Waals surface area (Å²) in [7, 11) is 0. The Balaban J connectivity index is 1.11. The number of phenolic OH excluding ortho intramolecular Hbond substituents is 2. The van der Waals surface area contributed by atoms with Crippen LogP contribution in [0.15, 0.2) is 160 Å². The van der Waals surface area contributed by atoms with E-state index in [1.807, 2.05) is 97.1 Å². The molecule has 7 aromatic rings. The molecule has 0 atom stereocenters. The summed E-state index contributed by atoms with van der Waals surface area (Å²) >= 11 is 0. The second-order valence-electron chi connectivity index (χ2n) is 10.9. The molecule has 0 spiro atoms. The zero-order valence-electron chi connectivity index (χ0n) is 25.5. The highest BCUT2D eigenvalue weighted by atomic mass is 16.5. The molecule has 7 rings (SSSR count). The van der Waals surface area contributed by atoms with E-state index < -0.39 is 0 Å². The lowest BCUT2D eigenvalue weighted by Gasteiger charge is -2.12. The molecule has 0 fully saturated rings. The summed E-state index contributed by atoms with van der Waals surface area (Å²) in [6.07, 6.45) is 3.45. The van der Waals surface area contributed by atoms with Crippen molar-refractivity contribution in [3.63, 3.8) is 0 Å². The van der Waals surface area contributed by atoms with E-state index in [1.54, 1.807) is 61.0 Å². The van der Waals surface area contributed by atoms with Gasteiger partial charge in [0.1, 0.15) is 23.0 Å². The molecule has 2 N–H and O–H groups in total. The van der Waals surface area contributed by atoms with Gasteiger partial charge in [-0.1, -0.05) is 18.2 Å². The van der Waals surface area contributed by atoms with Gasteiger partial charge < -0.3 is 14.9 Å². The van der Waals surface area contributed by atoms with Gasteiger partial charge in [-0.3, -0.25) is 14.8 Å². The Kier molecular flexibility index (Phi) is 8.27. The van der Waals surface area contributed by atoms with Crippen LogP contribution in [-0.4, -0.2) is 32.4 Å². The Labute approximate surface area is 275 Å². The van der Waals surface area contributed by atoms with E-state index in [9.17, 15) is 15.0 Å². The van der Waals surface area contributed by atoms with Gasteiger partial charge in [0, 0.05) is 23.4 Å². The van der Waals surface area contributed by atoms with Crippen LogP contribution in [0, 0.1) is 0 Å². The maximum absolute atomic E-state index is 13.6. The molecule has 0 bridgehead atoms. The van der Waals surface area contributed by atoms with Crippen molar-refractivity contribution in [1.29, 1.82) is 0 Å². The third-order valence-electron chi connectivity index (χ3n) is 7.61. The molecule has 0 amide bonds. The zero-order chi connectivity index (χ0) is 32.9. The van der Waals surface area contributed by atoms with Gasteiger partial charge in [0.2, 0.25) is 0 Å². The van der Waals surface area contributed by atoms with Crippen molar-refractivity contribution in [2.24, 2.45) is 9.98 Å². The van der Waals surface area contributed by atoms with Crippen molar-refractivity contribution in [2.45, 2.75) is 0 Å². The monoisotopic (exact) mass is 628 g/mol. The predicted molar refractivity (Wildman–Crippen MR) is 190 cm³/mol. The average Bonchev–Trinajstić information content (AvgIpc) is 3.13. The van der Waals surface area contributed by atoms with Gasteiger partial charge in [0.15, 0.2) is 0 Å². The predicted octanol–water partition coefficient (Wildman–Crippen LogP) is 8.76. The van der Waals surface area contributed by atoms with Gasteiger partial charge in [0.05, 0.1) is 28.1 Å². The van der Waals surface area contributed by atoms with Crippen LogP contribution in [-0.2, 0) is 0 Å². The molecule has 232 valence electrons. The Morgan fingerprint density at radius 1 is 0.562 bits per heavy atom. The standard InChI is InChI=1S/C40H28N4O4/c45-33-17-5-27(6-18-33)25-41-30-11-15-32(16-12-30)44-40(47)38-4-2-1-3-37(38)39(43-44)29-9-21-35(22-10-29)48-36-23-13-31(14-24-36)42-26-28-7-19-34(46)20-8-28/h1-26,45-46H. The van der Waals surface area contributed by atoms with Crippen molar-refractivity contribution in [1.82, 2.24) is 9.78 Å². The number of fused-ring (bicyclic) bond motifs is 1. The van der Waals surface area contributed by atoms with E-state index in [0.29, 0.717) is 34.0 Å². The minimum atomic E-state index is -0.217. The summed E-state index contributed by atoms with van der Waals surface area (Å²) in [4.78, 5) is 22.5. The minimum Gasteiger partial charge on any atom is -0.508 e.